The van der Waals surface area contributed by atoms with Gasteiger partial charge in [-0.05, 0) is 50.2 Å². The SMILES string of the molecule is CCOc1ccccc1C(=O)C1(OC)CCC(C)(C)CC1. The van der Waals surface area contributed by atoms with Crippen molar-refractivity contribution in [1.82, 2.24) is 0 Å². The van der Waals surface area contributed by atoms with Crippen LogP contribution in [0.1, 0.15) is 56.8 Å². The third-order valence-corrected chi connectivity index (χ3v) is 4.65. The van der Waals surface area contributed by atoms with Crippen LogP contribution in [0.15, 0.2) is 24.3 Å². The van der Waals surface area contributed by atoms with E-state index in [0.717, 1.165) is 25.7 Å². The molecule has 0 saturated heterocycles. The van der Waals surface area contributed by atoms with E-state index in [0.29, 0.717) is 23.3 Å². The maximum atomic E-state index is 13.1. The van der Waals surface area contributed by atoms with Crippen molar-refractivity contribution in [2.75, 3.05) is 13.7 Å². The lowest BCUT2D eigenvalue weighted by molar-refractivity contribution is -0.0384. The van der Waals surface area contributed by atoms with Gasteiger partial charge in [0, 0.05) is 7.11 Å². The molecule has 2 rings (SSSR count). The molecule has 0 aliphatic heterocycles. The van der Waals surface area contributed by atoms with Gasteiger partial charge in [-0.25, -0.2) is 0 Å². The summed E-state index contributed by atoms with van der Waals surface area (Å²) in [5.74, 6) is 0.718. The molecule has 0 atom stereocenters. The molecule has 1 aliphatic rings. The number of carbonyl (C=O) groups excluding carboxylic acids is 1. The topological polar surface area (TPSA) is 35.5 Å². The predicted molar refractivity (Wildman–Crippen MR) is 83.9 cm³/mol. The van der Waals surface area contributed by atoms with Gasteiger partial charge in [-0.2, -0.15) is 0 Å². The minimum absolute atomic E-state index is 0.0598. The molecule has 0 unspecified atom stereocenters. The second-order valence-electron chi connectivity index (χ2n) is 6.62. The second-order valence-corrected chi connectivity index (χ2v) is 6.62. The molecule has 1 aromatic carbocycles. The Kier molecular flexibility index (Phi) is 4.72. The first-order chi connectivity index (χ1) is 9.94. The Morgan fingerprint density at radius 3 is 2.33 bits per heavy atom. The highest BCUT2D eigenvalue weighted by atomic mass is 16.5. The Morgan fingerprint density at radius 1 is 1.14 bits per heavy atom. The number of benzene rings is 1. The van der Waals surface area contributed by atoms with Crippen molar-refractivity contribution >= 4 is 5.78 Å². The first kappa shape index (κ1) is 16.0. The first-order valence-corrected chi connectivity index (χ1v) is 7.76. The zero-order chi connectivity index (χ0) is 15.5. The molecule has 1 saturated carbocycles. The van der Waals surface area contributed by atoms with Crippen LogP contribution in [-0.4, -0.2) is 25.1 Å². The van der Waals surface area contributed by atoms with Gasteiger partial charge in [0.05, 0.1) is 12.2 Å². The molecule has 0 radical (unpaired) electrons. The lowest BCUT2D eigenvalue weighted by Gasteiger charge is -2.41. The van der Waals surface area contributed by atoms with Crippen LogP contribution >= 0.6 is 0 Å². The average molecular weight is 290 g/mol. The van der Waals surface area contributed by atoms with Gasteiger partial charge < -0.3 is 9.47 Å². The van der Waals surface area contributed by atoms with Gasteiger partial charge in [0.2, 0.25) is 0 Å². The summed E-state index contributed by atoms with van der Waals surface area (Å²) in [6.45, 7) is 6.99. The lowest BCUT2D eigenvalue weighted by Crippen LogP contribution is -2.45. The normalized spacial score (nSPS) is 20.0. The van der Waals surface area contributed by atoms with Crippen LogP contribution in [0, 0.1) is 5.41 Å². The van der Waals surface area contributed by atoms with Crippen molar-refractivity contribution < 1.29 is 14.3 Å². The van der Waals surface area contributed by atoms with Gasteiger partial charge in [-0.3, -0.25) is 4.79 Å². The van der Waals surface area contributed by atoms with Gasteiger partial charge >= 0.3 is 0 Å². The average Bonchev–Trinajstić information content (AvgIpc) is 2.48. The van der Waals surface area contributed by atoms with Gasteiger partial charge in [0.1, 0.15) is 11.4 Å². The van der Waals surface area contributed by atoms with Crippen molar-refractivity contribution in [3.8, 4) is 5.75 Å². The van der Waals surface area contributed by atoms with Crippen LogP contribution in [0.2, 0.25) is 0 Å². The summed E-state index contributed by atoms with van der Waals surface area (Å²) in [5.41, 5.74) is 0.241. The third kappa shape index (κ3) is 3.29. The number of hydrogen-bond acceptors (Lipinski definition) is 3. The summed E-state index contributed by atoms with van der Waals surface area (Å²) >= 11 is 0. The van der Waals surface area contributed by atoms with Gasteiger partial charge in [0.15, 0.2) is 5.78 Å². The molecule has 0 spiro atoms. The lowest BCUT2D eigenvalue weighted by atomic mass is 9.68. The summed E-state index contributed by atoms with van der Waals surface area (Å²) in [7, 11) is 1.65. The van der Waals surface area contributed by atoms with Crippen LogP contribution in [-0.2, 0) is 4.74 Å². The quantitative estimate of drug-likeness (QED) is 0.760. The van der Waals surface area contributed by atoms with Crippen molar-refractivity contribution in [2.45, 2.75) is 52.1 Å². The van der Waals surface area contributed by atoms with Gasteiger partial charge in [-0.15, -0.1) is 0 Å². The summed E-state index contributed by atoms with van der Waals surface area (Å²) in [6, 6.07) is 7.47. The highest BCUT2D eigenvalue weighted by Gasteiger charge is 2.45. The zero-order valence-corrected chi connectivity index (χ0v) is 13.6. The Hall–Kier alpha value is -1.35. The van der Waals surface area contributed by atoms with E-state index in [2.05, 4.69) is 13.8 Å². The summed E-state index contributed by atoms with van der Waals surface area (Å²) in [6.07, 6.45) is 3.55. The van der Waals surface area contributed by atoms with Crippen molar-refractivity contribution in [2.24, 2.45) is 5.41 Å². The number of methoxy groups -OCH3 is 1. The van der Waals surface area contributed by atoms with Crippen LogP contribution in [0.25, 0.3) is 0 Å². The smallest absolute Gasteiger partial charge is 0.198 e. The number of carbonyl (C=O) groups is 1. The van der Waals surface area contributed by atoms with Gasteiger partial charge in [-0.1, -0.05) is 26.0 Å². The van der Waals surface area contributed by atoms with E-state index in [1.165, 1.54) is 0 Å². The third-order valence-electron chi connectivity index (χ3n) is 4.65. The number of rotatable bonds is 5. The Morgan fingerprint density at radius 2 is 1.76 bits per heavy atom. The van der Waals surface area contributed by atoms with Crippen molar-refractivity contribution in [1.29, 1.82) is 0 Å². The highest BCUT2D eigenvalue weighted by Crippen LogP contribution is 2.44. The summed E-state index contributed by atoms with van der Waals surface area (Å²) in [4.78, 5) is 13.1. The van der Waals surface area contributed by atoms with E-state index in [1.807, 2.05) is 31.2 Å². The number of para-hydroxylation sites is 1. The Labute approximate surface area is 127 Å². The molecular weight excluding hydrogens is 264 g/mol. The van der Waals surface area contributed by atoms with E-state index < -0.39 is 5.60 Å². The fraction of sp³-hybridized carbons (Fsp3) is 0.611. The van der Waals surface area contributed by atoms with E-state index in [-0.39, 0.29) is 5.78 Å². The molecule has 1 fully saturated rings. The fourth-order valence-electron chi connectivity index (χ4n) is 3.04. The van der Waals surface area contributed by atoms with Crippen LogP contribution in [0.4, 0.5) is 0 Å². The number of hydrogen-bond donors (Lipinski definition) is 0. The van der Waals surface area contributed by atoms with Gasteiger partial charge in [0.25, 0.3) is 0 Å². The number of ether oxygens (including phenoxy) is 2. The summed E-state index contributed by atoms with van der Waals surface area (Å²) < 4.78 is 11.3. The Bertz CT molecular complexity index is 495. The number of Topliss-reactive ketones (excluding diaryl/α,β-unsaturated/α-hetero) is 1. The monoisotopic (exact) mass is 290 g/mol. The molecule has 3 heteroatoms. The van der Waals surface area contributed by atoms with Crippen LogP contribution in [0.5, 0.6) is 5.75 Å². The molecule has 3 nitrogen and oxygen atoms in total. The fourth-order valence-corrected chi connectivity index (χ4v) is 3.04. The van der Waals surface area contributed by atoms with Crippen LogP contribution < -0.4 is 4.74 Å². The van der Waals surface area contributed by atoms with Crippen LogP contribution in [0.3, 0.4) is 0 Å². The maximum absolute atomic E-state index is 13.1. The van der Waals surface area contributed by atoms with E-state index in [4.69, 9.17) is 9.47 Å². The molecule has 1 aromatic rings. The maximum Gasteiger partial charge on any atom is 0.198 e. The molecule has 0 heterocycles. The molecule has 116 valence electrons. The molecule has 0 bridgehead atoms. The number of ketones is 1. The zero-order valence-electron chi connectivity index (χ0n) is 13.6. The Balaban J connectivity index is 2.29. The second kappa shape index (κ2) is 6.18. The molecular formula is C18H26O3. The largest absolute Gasteiger partial charge is 0.493 e. The molecule has 1 aliphatic carbocycles. The van der Waals surface area contributed by atoms with E-state index in [1.54, 1.807) is 7.11 Å². The first-order valence-electron chi connectivity index (χ1n) is 7.76. The molecule has 0 amide bonds. The highest BCUT2D eigenvalue weighted by molar-refractivity contribution is 6.04. The minimum Gasteiger partial charge on any atom is -0.493 e. The molecule has 21 heavy (non-hydrogen) atoms. The van der Waals surface area contributed by atoms with E-state index in [9.17, 15) is 4.79 Å². The van der Waals surface area contributed by atoms with Crippen molar-refractivity contribution in [3.05, 3.63) is 29.8 Å². The summed E-state index contributed by atoms with van der Waals surface area (Å²) in [5, 5.41) is 0. The van der Waals surface area contributed by atoms with Crippen molar-refractivity contribution in [3.63, 3.8) is 0 Å². The van der Waals surface area contributed by atoms with E-state index >= 15 is 0 Å². The molecule has 0 aromatic heterocycles. The standard InChI is InChI=1S/C18H26O3/c1-5-21-15-9-7-6-8-14(15)16(19)18(20-4)12-10-17(2,3)11-13-18/h6-9H,5,10-13H2,1-4H3. The minimum atomic E-state index is -0.692. The predicted octanol–water partition coefficient (Wildman–Crippen LogP) is 4.25. The molecule has 0 N–H and O–H groups in total.